The van der Waals surface area contributed by atoms with Crippen molar-refractivity contribution in [1.29, 1.82) is 0 Å². The molecule has 0 heterocycles. The van der Waals surface area contributed by atoms with Crippen LogP contribution in [-0.4, -0.2) is 34.3 Å². The van der Waals surface area contributed by atoms with Gasteiger partial charge in [-0.25, -0.2) is 0 Å². The molecule has 5 nitrogen and oxygen atoms in total. The predicted octanol–water partition coefficient (Wildman–Crippen LogP) is 3.82. The van der Waals surface area contributed by atoms with Gasteiger partial charge in [0.2, 0.25) is 0 Å². The second-order valence-corrected chi connectivity index (χ2v) is 10.8. The Hall–Kier alpha value is -0.720. The van der Waals surface area contributed by atoms with Crippen molar-refractivity contribution in [2.45, 2.75) is 84.7 Å². The Morgan fingerprint density at radius 3 is 2.48 bits per heavy atom. The minimum Gasteiger partial charge on any atom is -0.400 e. The maximum atomic E-state index is 11.5. The molecule has 0 saturated heterocycles. The molecule has 0 amide bonds. The lowest BCUT2D eigenvalue weighted by Gasteiger charge is -2.61. The van der Waals surface area contributed by atoms with Crippen LogP contribution in [0.4, 0.5) is 0 Å². The van der Waals surface area contributed by atoms with E-state index in [-0.39, 0.29) is 16.6 Å². The van der Waals surface area contributed by atoms with Crippen molar-refractivity contribution in [3.63, 3.8) is 0 Å². The van der Waals surface area contributed by atoms with Crippen LogP contribution in [-0.2, 0) is 0 Å². The number of fused-ring (bicyclic) bond motifs is 5. The zero-order valence-electron chi connectivity index (χ0n) is 18.7. The van der Waals surface area contributed by atoms with Crippen LogP contribution in [0.1, 0.15) is 78.6 Å². The fourth-order valence-corrected chi connectivity index (χ4v) is 8.20. The van der Waals surface area contributed by atoms with E-state index in [0.717, 1.165) is 37.5 Å². The van der Waals surface area contributed by atoms with Gasteiger partial charge in [-0.2, -0.15) is 5.10 Å². The Bertz CT molecular complexity index is 642. The molecule has 8 atom stereocenters. The number of nitrogens with one attached hydrogen (secondary N) is 1. The van der Waals surface area contributed by atoms with Crippen molar-refractivity contribution in [2.75, 3.05) is 7.11 Å². The van der Waals surface area contributed by atoms with Gasteiger partial charge in [0.25, 0.3) is 0 Å². The van der Waals surface area contributed by atoms with E-state index in [1.54, 1.807) is 0 Å². The van der Waals surface area contributed by atoms with E-state index in [1.807, 2.05) is 0 Å². The van der Waals surface area contributed by atoms with Crippen LogP contribution in [0.15, 0.2) is 5.10 Å². The van der Waals surface area contributed by atoms with Gasteiger partial charge in [-0.3, -0.25) is 5.43 Å². The molecule has 4 saturated carbocycles. The summed E-state index contributed by atoms with van der Waals surface area (Å²) < 4.78 is 0. The normalized spacial score (nSPS) is 46.5. The van der Waals surface area contributed by atoms with Gasteiger partial charge in [-0.15, -0.1) is 0 Å². The summed E-state index contributed by atoms with van der Waals surface area (Å²) >= 11 is 4.91. The summed E-state index contributed by atoms with van der Waals surface area (Å²) in [7, 11) is 1.00. The molecule has 0 bridgehead atoms. The van der Waals surface area contributed by atoms with E-state index in [1.165, 1.54) is 44.9 Å². The standard InChI is InChI=1S/C22H37N3OS.CH4O/c1-13(24-25-20(23)27)16-9-10-17-15-8-7-14-6-4-5-11-21(14,2)18(15)12-19(26)22(16,17)3;1-2/h14-19,26H,4-12H2,1-3H3,(H3,23,25,27);2H,1H3. The molecule has 0 aromatic carbocycles. The molecule has 8 unspecified atom stereocenters. The first kappa shape index (κ1) is 23.0. The predicted molar refractivity (Wildman–Crippen MR) is 122 cm³/mol. The monoisotopic (exact) mass is 423 g/mol. The number of hydrazone groups is 1. The minimum atomic E-state index is -0.233. The summed E-state index contributed by atoms with van der Waals surface area (Å²) in [4.78, 5) is 0. The molecule has 0 aromatic heterocycles. The highest BCUT2D eigenvalue weighted by molar-refractivity contribution is 7.80. The smallest absolute Gasteiger partial charge is 0.184 e. The molecule has 0 aliphatic heterocycles. The molecule has 166 valence electrons. The van der Waals surface area contributed by atoms with Crippen molar-refractivity contribution in [3.8, 4) is 0 Å². The maximum absolute atomic E-state index is 11.5. The van der Waals surface area contributed by atoms with Gasteiger partial charge < -0.3 is 15.9 Å². The van der Waals surface area contributed by atoms with Gasteiger partial charge in [0.15, 0.2) is 5.11 Å². The van der Waals surface area contributed by atoms with Crippen LogP contribution >= 0.6 is 12.2 Å². The highest BCUT2D eigenvalue weighted by Crippen LogP contribution is 2.67. The zero-order chi connectivity index (χ0) is 21.4. The first-order valence-corrected chi connectivity index (χ1v) is 11.9. The first-order chi connectivity index (χ1) is 13.8. The molecular formula is C23H41N3O2S. The second-order valence-electron chi connectivity index (χ2n) is 10.4. The molecule has 4 aliphatic rings. The van der Waals surface area contributed by atoms with Gasteiger partial charge in [-0.1, -0.05) is 26.7 Å². The largest absolute Gasteiger partial charge is 0.400 e. The van der Waals surface area contributed by atoms with E-state index < -0.39 is 0 Å². The van der Waals surface area contributed by atoms with Crippen LogP contribution in [0.25, 0.3) is 0 Å². The number of nitrogens with zero attached hydrogens (tertiary/aromatic N) is 1. The van der Waals surface area contributed by atoms with E-state index in [9.17, 15) is 5.11 Å². The molecule has 0 radical (unpaired) electrons. The van der Waals surface area contributed by atoms with E-state index in [2.05, 4.69) is 31.3 Å². The van der Waals surface area contributed by atoms with E-state index in [0.29, 0.717) is 23.2 Å². The summed E-state index contributed by atoms with van der Waals surface area (Å²) in [5.74, 6) is 3.30. The van der Waals surface area contributed by atoms with Gasteiger partial charge in [0.05, 0.1) is 6.10 Å². The minimum absolute atomic E-state index is 0.0650. The third-order valence-corrected chi connectivity index (χ3v) is 9.63. The number of hydrogen-bond acceptors (Lipinski definition) is 4. The van der Waals surface area contributed by atoms with Crippen LogP contribution in [0.3, 0.4) is 0 Å². The van der Waals surface area contributed by atoms with E-state index >= 15 is 0 Å². The second kappa shape index (κ2) is 8.80. The van der Waals surface area contributed by atoms with Gasteiger partial charge in [0, 0.05) is 24.2 Å². The molecule has 29 heavy (non-hydrogen) atoms. The van der Waals surface area contributed by atoms with Crippen LogP contribution in [0.2, 0.25) is 0 Å². The van der Waals surface area contributed by atoms with Crippen LogP contribution in [0, 0.1) is 40.4 Å². The Morgan fingerprint density at radius 2 is 1.79 bits per heavy atom. The lowest BCUT2D eigenvalue weighted by molar-refractivity contribution is -0.157. The lowest BCUT2D eigenvalue weighted by Crippen LogP contribution is -2.58. The lowest BCUT2D eigenvalue weighted by atomic mass is 9.44. The van der Waals surface area contributed by atoms with Gasteiger partial charge >= 0.3 is 0 Å². The first-order valence-electron chi connectivity index (χ1n) is 11.5. The summed E-state index contributed by atoms with van der Waals surface area (Å²) in [5, 5.41) is 23.1. The molecule has 4 aliphatic carbocycles. The van der Waals surface area contributed by atoms with Crippen LogP contribution < -0.4 is 11.2 Å². The molecule has 4 rings (SSSR count). The zero-order valence-corrected chi connectivity index (χ0v) is 19.5. The SMILES string of the molecule is CC(=NNC(N)=S)C1CCC2C3CCC4CCCCC4(C)C3CC(O)C12C.CO. The summed E-state index contributed by atoms with van der Waals surface area (Å²) in [5.41, 5.74) is 9.76. The fraction of sp³-hybridized carbons (Fsp3) is 0.913. The van der Waals surface area contributed by atoms with Gasteiger partial charge in [-0.05, 0) is 93.2 Å². The van der Waals surface area contributed by atoms with Gasteiger partial charge in [0.1, 0.15) is 0 Å². The van der Waals surface area contributed by atoms with E-state index in [4.69, 9.17) is 23.1 Å². The molecule has 0 aromatic rings. The number of aliphatic hydroxyl groups excluding tert-OH is 2. The number of thiocarbonyl (C=S) groups is 1. The molecular weight excluding hydrogens is 382 g/mol. The Kier molecular flexibility index (Phi) is 6.96. The number of nitrogens with two attached hydrogens (primary N) is 1. The Labute approximate surface area is 181 Å². The average Bonchev–Trinajstić information content (AvgIpc) is 3.07. The summed E-state index contributed by atoms with van der Waals surface area (Å²) in [6, 6.07) is 0. The average molecular weight is 424 g/mol. The number of hydrogen-bond donors (Lipinski definition) is 4. The third kappa shape index (κ3) is 3.74. The summed E-state index contributed by atoms with van der Waals surface area (Å²) in [6.45, 7) is 6.97. The van der Waals surface area contributed by atoms with Crippen molar-refractivity contribution in [1.82, 2.24) is 5.43 Å². The molecule has 5 N–H and O–H groups in total. The van der Waals surface area contributed by atoms with Crippen molar-refractivity contribution >= 4 is 23.0 Å². The fourth-order valence-electron chi connectivity index (χ4n) is 8.16. The topological polar surface area (TPSA) is 90.9 Å². The van der Waals surface area contributed by atoms with Crippen molar-refractivity contribution < 1.29 is 10.2 Å². The molecule has 0 spiro atoms. The summed E-state index contributed by atoms with van der Waals surface area (Å²) in [6.07, 6.45) is 11.4. The Morgan fingerprint density at radius 1 is 1.07 bits per heavy atom. The highest BCUT2D eigenvalue weighted by atomic mass is 32.1. The Balaban J connectivity index is 0.00000117. The quantitative estimate of drug-likeness (QED) is 0.308. The maximum Gasteiger partial charge on any atom is 0.184 e. The third-order valence-electron chi connectivity index (χ3n) is 9.54. The van der Waals surface area contributed by atoms with Crippen LogP contribution in [0.5, 0.6) is 0 Å². The van der Waals surface area contributed by atoms with Crippen molar-refractivity contribution in [3.05, 3.63) is 0 Å². The number of rotatable bonds is 2. The molecule has 4 fully saturated rings. The van der Waals surface area contributed by atoms with Crippen molar-refractivity contribution in [2.24, 2.45) is 51.3 Å². The molecule has 6 heteroatoms. The highest BCUT2D eigenvalue weighted by Gasteiger charge is 2.63. The number of aliphatic hydroxyl groups is 2.